The smallest absolute Gasteiger partial charge is 0.254 e. The van der Waals surface area contributed by atoms with Gasteiger partial charge in [0.1, 0.15) is 12.6 Å². The fraction of sp³-hybridized carbons (Fsp3) is 0.226. The van der Waals surface area contributed by atoms with Crippen LogP contribution in [0.3, 0.4) is 0 Å². The molecule has 0 saturated heterocycles. The van der Waals surface area contributed by atoms with Crippen molar-refractivity contribution >= 4 is 17.5 Å². The number of amides is 2. The van der Waals surface area contributed by atoms with Crippen molar-refractivity contribution in [3.63, 3.8) is 0 Å². The molecular weight excluding hydrogens is 478 g/mol. The van der Waals surface area contributed by atoms with Crippen LogP contribution in [-0.2, 0) is 4.79 Å². The number of fused-ring (bicyclic) bond motifs is 4. The van der Waals surface area contributed by atoms with Gasteiger partial charge in [0.15, 0.2) is 11.5 Å². The summed E-state index contributed by atoms with van der Waals surface area (Å²) in [4.78, 5) is 31.4. The number of carbonyl (C=O) groups is 2. The van der Waals surface area contributed by atoms with Gasteiger partial charge in [0.2, 0.25) is 12.7 Å². The minimum absolute atomic E-state index is 0.0671. The zero-order chi connectivity index (χ0) is 26.4. The third-order valence-electron chi connectivity index (χ3n) is 7.19. The van der Waals surface area contributed by atoms with Crippen LogP contribution >= 0.6 is 0 Å². The number of carbonyl (C=O) groups excluding carboxylic acids is 2. The molecule has 0 radical (unpaired) electrons. The molecule has 6 rings (SSSR count). The first-order valence-electron chi connectivity index (χ1n) is 12.8. The number of hydrogen-bond donors (Lipinski definition) is 0. The molecule has 7 nitrogen and oxygen atoms in total. The van der Waals surface area contributed by atoms with Gasteiger partial charge in [-0.3, -0.25) is 14.5 Å². The van der Waals surface area contributed by atoms with Gasteiger partial charge in [-0.2, -0.15) is 0 Å². The van der Waals surface area contributed by atoms with Crippen molar-refractivity contribution < 1.29 is 19.1 Å². The molecular formula is C31H29N3O4. The first-order chi connectivity index (χ1) is 18.4. The quantitative estimate of drug-likeness (QED) is 0.358. The lowest BCUT2D eigenvalue weighted by Crippen LogP contribution is -2.48. The lowest BCUT2D eigenvalue weighted by atomic mass is 9.97. The molecule has 38 heavy (non-hydrogen) atoms. The molecule has 0 aliphatic carbocycles. The Morgan fingerprint density at radius 2 is 1.66 bits per heavy atom. The lowest BCUT2D eigenvalue weighted by molar-refractivity contribution is -0.120. The van der Waals surface area contributed by atoms with Crippen molar-refractivity contribution in [2.45, 2.75) is 32.9 Å². The number of benzene rings is 3. The normalized spacial score (nSPS) is 15.3. The molecule has 0 fully saturated rings. The van der Waals surface area contributed by atoms with E-state index in [1.165, 1.54) is 0 Å². The molecule has 2 aliphatic rings. The van der Waals surface area contributed by atoms with E-state index in [0.717, 1.165) is 28.2 Å². The van der Waals surface area contributed by atoms with E-state index < -0.39 is 0 Å². The van der Waals surface area contributed by atoms with Gasteiger partial charge in [0, 0.05) is 17.8 Å². The van der Waals surface area contributed by atoms with Gasteiger partial charge in [0.05, 0.1) is 17.1 Å². The number of rotatable bonds is 5. The number of aromatic nitrogens is 1. The fourth-order valence-corrected chi connectivity index (χ4v) is 5.23. The number of hydrogen-bond acceptors (Lipinski definition) is 4. The zero-order valence-electron chi connectivity index (χ0n) is 21.6. The second kappa shape index (κ2) is 9.41. The maximum absolute atomic E-state index is 14.3. The van der Waals surface area contributed by atoms with E-state index in [4.69, 9.17) is 9.47 Å². The van der Waals surface area contributed by atoms with Gasteiger partial charge in [-0.05, 0) is 68.8 Å². The summed E-state index contributed by atoms with van der Waals surface area (Å²) >= 11 is 0. The predicted molar refractivity (Wildman–Crippen MR) is 145 cm³/mol. The molecule has 4 aromatic rings. The number of nitrogens with zero attached hydrogens (tertiary/aromatic N) is 3. The van der Waals surface area contributed by atoms with Crippen molar-refractivity contribution in [2.75, 3.05) is 18.2 Å². The highest BCUT2D eigenvalue weighted by atomic mass is 16.7. The molecule has 1 aromatic heterocycles. The second-order valence-electron chi connectivity index (χ2n) is 9.96. The highest BCUT2D eigenvalue weighted by Gasteiger charge is 2.37. The van der Waals surface area contributed by atoms with E-state index in [1.807, 2.05) is 62.2 Å². The average Bonchev–Trinajstić information content (AvgIpc) is 3.60. The number of ether oxygens (including phenoxy) is 2. The van der Waals surface area contributed by atoms with Gasteiger partial charge < -0.3 is 18.9 Å². The van der Waals surface area contributed by atoms with E-state index in [1.54, 1.807) is 23.1 Å². The van der Waals surface area contributed by atoms with Crippen molar-refractivity contribution in [2.24, 2.45) is 0 Å². The minimum atomic E-state index is -0.331. The number of para-hydroxylation sites is 2. The van der Waals surface area contributed by atoms with Crippen LogP contribution in [0, 0.1) is 6.92 Å². The average molecular weight is 508 g/mol. The molecule has 192 valence electrons. The van der Waals surface area contributed by atoms with Gasteiger partial charge >= 0.3 is 0 Å². The molecule has 0 bridgehead atoms. The van der Waals surface area contributed by atoms with Gasteiger partial charge in [-0.1, -0.05) is 42.0 Å². The van der Waals surface area contributed by atoms with Crippen LogP contribution in [0.4, 0.5) is 5.69 Å². The Labute approximate surface area is 221 Å². The molecule has 1 unspecified atom stereocenters. The third-order valence-corrected chi connectivity index (χ3v) is 7.19. The minimum Gasteiger partial charge on any atom is -0.454 e. The summed E-state index contributed by atoms with van der Waals surface area (Å²) in [7, 11) is 0. The van der Waals surface area contributed by atoms with Crippen molar-refractivity contribution in [1.29, 1.82) is 0 Å². The van der Waals surface area contributed by atoms with Crippen LogP contribution in [-0.4, -0.2) is 40.7 Å². The molecule has 3 heterocycles. The Morgan fingerprint density at radius 3 is 2.42 bits per heavy atom. The highest BCUT2D eigenvalue weighted by Crippen LogP contribution is 2.42. The molecule has 2 amide bonds. The first-order valence-corrected chi connectivity index (χ1v) is 12.8. The summed E-state index contributed by atoms with van der Waals surface area (Å²) < 4.78 is 13.0. The largest absolute Gasteiger partial charge is 0.454 e. The Kier molecular flexibility index (Phi) is 5.91. The van der Waals surface area contributed by atoms with E-state index >= 15 is 0 Å². The van der Waals surface area contributed by atoms with Crippen molar-refractivity contribution in [3.05, 3.63) is 107 Å². The Morgan fingerprint density at radius 1 is 0.921 bits per heavy atom. The molecule has 2 aliphatic heterocycles. The van der Waals surface area contributed by atoms with Gasteiger partial charge in [-0.25, -0.2) is 0 Å². The molecule has 0 saturated carbocycles. The maximum atomic E-state index is 14.3. The number of aryl methyl sites for hydroxylation is 1. The standard InChI is InChI=1S/C31H29N3O4/c1-20(2)33(31(36)23-14-15-27-28(17-23)38-19-37-27)18-29(35)34-25-8-5-4-7-24(25)32-16-6-9-26(32)30(34)22-12-10-21(3)11-13-22/h4-17,20,30H,18-19H2,1-3H3. The van der Waals surface area contributed by atoms with E-state index in [0.29, 0.717) is 17.1 Å². The second-order valence-corrected chi connectivity index (χ2v) is 9.96. The van der Waals surface area contributed by atoms with Crippen LogP contribution < -0.4 is 14.4 Å². The SMILES string of the molecule is Cc1ccc(C2c3cccn3-c3ccccc3N2C(=O)CN(C(=O)c2ccc3c(c2)OCO3)C(C)C)cc1. The summed E-state index contributed by atoms with van der Waals surface area (Å²) in [5.74, 6) is 0.768. The third kappa shape index (κ3) is 4.00. The van der Waals surface area contributed by atoms with Crippen LogP contribution in [0.15, 0.2) is 85.1 Å². The van der Waals surface area contributed by atoms with Crippen LogP contribution in [0.5, 0.6) is 11.5 Å². The van der Waals surface area contributed by atoms with Gasteiger partial charge in [0.25, 0.3) is 5.91 Å². The zero-order valence-corrected chi connectivity index (χ0v) is 21.6. The summed E-state index contributed by atoms with van der Waals surface area (Å²) in [5.41, 5.74) is 5.36. The monoisotopic (exact) mass is 507 g/mol. The van der Waals surface area contributed by atoms with Crippen molar-refractivity contribution in [1.82, 2.24) is 9.47 Å². The maximum Gasteiger partial charge on any atom is 0.254 e. The highest BCUT2D eigenvalue weighted by molar-refractivity contribution is 6.03. The summed E-state index contributed by atoms with van der Waals surface area (Å²) in [6.45, 7) is 5.96. The Bertz CT molecular complexity index is 1520. The van der Waals surface area contributed by atoms with E-state index in [9.17, 15) is 9.59 Å². The molecule has 7 heteroatoms. The molecule has 0 N–H and O–H groups in total. The van der Waals surface area contributed by atoms with E-state index in [2.05, 4.69) is 34.9 Å². The van der Waals surface area contributed by atoms with Crippen LogP contribution in [0.1, 0.15) is 47.1 Å². The van der Waals surface area contributed by atoms with Crippen molar-refractivity contribution in [3.8, 4) is 17.2 Å². The molecule has 3 aromatic carbocycles. The van der Waals surface area contributed by atoms with Gasteiger partial charge in [-0.15, -0.1) is 0 Å². The number of anilines is 1. The van der Waals surface area contributed by atoms with Crippen LogP contribution in [0.2, 0.25) is 0 Å². The summed E-state index contributed by atoms with van der Waals surface area (Å²) in [6.07, 6.45) is 2.03. The van der Waals surface area contributed by atoms with E-state index in [-0.39, 0.29) is 37.2 Å². The lowest BCUT2D eigenvalue weighted by Gasteiger charge is -2.40. The summed E-state index contributed by atoms with van der Waals surface area (Å²) in [5, 5.41) is 0. The summed E-state index contributed by atoms with van der Waals surface area (Å²) in [6, 6.07) is 24.8. The Balaban J connectivity index is 1.39. The first kappa shape index (κ1) is 23.9. The topological polar surface area (TPSA) is 64.0 Å². The van der Waals surface area contributed by atoms with Crippen LogP contribution in [0.25, 0.3) is 5.69 Å². The predicted octanol–water partition coefficient (Wildman–Crippen LogP) is 5.50. The molecule has 0 spiro atoms. The fourth-order valence-electron chi connectivity index (χ4n) is 5.23. The molecule has 1 atom stereocenters. The Hall–Kier alpha value is -4.52.